The highest BCUT2D eigenvalue weighted by molar-refractivity contribution is 5.85. The van der Waals surface area contributed by atoms with Gasteiger partial charge in [0.25, 0.3) is 5.56 Å². The molecule has 0 atom stereocenters. The summed E-state index contributed by atoms with van der Waals surface area (Å²) in [5, 5.41) is 13.5. The largest absolute Gasteiger partial charge is 0.427 e. The van der Waals surface area contributed by atoms with Crippen molar-refractivity contribution >= 4 is 18.1 Å². The van der Waals surface area contributed by atoms with Crippen molar-refractivity contribution in [1.29, 1.82) is 5.26 Å². The Morgan fingerprint density at radius 1 is 1.23 bits per heavy atom. The number of aromatic nitrogens is 2. The van der Waals surface area contributed by atoms with E-state index in [9.17, 15) is 14.9 Å². The number of aromatic amines is 1. The molecule has 0 saturated carbocycles. The number of nitrogens with one attached hydrogen (secondary N) is 2. The number of ether oxygens (including phenoxy) is 1. The van der Waals surface area contributed by atoms with Crippen LogP contribution in [-0.2, 0) is 4.79 Å². The van der Waals surface area contributed by atoms with Gasteiger partial charge in [0, 0.05) is 18.1 Å². The number of rotatable bonds is 5. The fourth-order valence-corrected chi connectivity index (χ4v) is 2.96. The predicted molar refractivity (Wildman–Crippen MR) is 113 cm³/mol. The van der Waals surface area contributed by atoms with Crippen LogP contribution in [0.4, 0.5) is 5.95 Å². The Bertz CT molecular complexity index is 1200. The summed E-state index contributed by atoms with van der Waals surface area (Å²) in [6.07, 6.45) is 1.59. The summed E-state index contributed by atoms with van der Waals surface area (Å²) in [4.78, 5) is 30.3. The number of H-pyrrole nitrogens is 1. The number of nitrogens with zero attached hydrogens (tertiary/aromatic N) is 3. The van der Waals surface area contributed by atoms with Crippen LogP contribution in [0.3, 0.4) is 0 Å². The lowest BCUT2D eigenvalue weighted by molar-refractivity contribution is -0.131. The van der Waals surface area contributed by atoms with Crippen LogP contribution in [0.15, 0.2) is 52.4 Å². The first-order valence-electron chi connectivity index (χ1n) is 9.07. The number of carbonyl (C=O) groups excluding carboxylic acids is 1. The van der Waals surface area contributed by atoms with E-state index >= 15 is 0 Å². The van der Waals surface area contributed by atoms with Crippen molar-refractivity contribution in [3.63, 3.8) is 0 Å². The Balaban J connectivity index is 1.89. The van der Waals surface area contributed by atoms with Gasteiger partial charge in [0.15, 0.2) is 0 Å². The molecule has 0 bridgehead atoms. The molecule has 0 aliphatic carbocycles. The number of nitriles is 1. The van der Waals surface area contributed by atoms with Crippen LogP contribution in [0.1, 0.15) is 29.2 Å². The Kier molecular flexibility index (Phi) is 6.03. The lowest BCUT2D eigenvalue weighted by atomic mass is 10.0. The molecular formula is C22H19N5O3. The molecule has 0 saturated heterocycles. The molecule has 150 valence electrons. The summed E-state index contributed by atoms with van der Waals surface area (Å²) in [5.74, 6) is 0.191. The van der Waals surface area contributed by atoms with Gasteiger partial charge in [-0.25, -0.2) is 10.4 Å². The highest BCUT2D eigenvalue weighted by atomic mass is 16.5. The summed E-state index contributed by atoms with van der Waals surface area (Å²) in [6, 6.07) is 14.4. The van der Waals surface area contributed by atoms with E-state index in [0.717, 1.165) is 16.7 Å². The number of carbonyl (C=O) groups is 1. The van der Waals surface area contributed by atoms with Crippen LogP contribution in [-0.4, -0.2) is 22.2 Å². The van der Waals surface area contributed by atoms with Crippen LogP contribution in [0.2, 0.25) is 0 Å². The minimum Gasteiger partial charge on any atom is -0.427 e. The van der Waals surface area contributed by atoms with E-state index < -0.39 is 5.56 Å². The van der Waals surface area contributed by atoms with Gasteiger partial charge in [-0.2, -0.15) is 10.4 Å². The van der Waals surface area contributed by atoms with E-state index in [-0.39, 0.29) is 23.2 Å². The number of hydrazone groups is 1. The van der Waals surface area contributed by atoms with Gasteiger partial charge >= 0.3 is 5.97 Å². The fraction of sp³-hybridized carbons (Fsp3) is 0.136. The van der Waals surface area contributed by atoms with Crippen LogP contribution in [0, 0.1) is 25.2 Å². The Morgan fingerprint density at radius 3 is 2.50 bits per heavy atom. The molecule has 1 aromatic heterocycles. The summed E-state index contributed by atoms with van der Waals surface area (Å²) in [7, 11) is 0. The molecular weight excluding hydrogens is 382 g/mol. The third kappa shape index (κ3) is 4.59. The smallest absolute Gasteiger partial charge is 0.308 e. The maximum Gasteiger partial charge on any atom is 0.308 e. The second kappa shape index (κ2) is 8.84. The lowest BCUT2D eigenvalue weighted by Gasteiger charge is -2.09. The normalized spacial score (nSPS) is 10.6. The van der Waals surface area contributed by atoms with Crippen molar-refractivity contribution < 1.29 is 9.53 Å². The molecule has 2 N–H and O–H groups in total. The first-order chi connectivity index (χ1) is 14.4. The average Bonchev–Trinajstić information content (AvgIpc) is 2.70. The first-order valence-corrected chi connectivity index (χ1v) is 9.07. The van der Waals surface area contributed by atoms with Crippen LogP contribution >= 0.6 is 0 Å². The molecule has 3 aromatic rings. The molecule has 0 amide bonds. The number of hydrogen-bond donors (Lipinski definition) is 2. The molecule has 0 aliphatic rings. The summed E-state index contributed by atoms with van der Waals surface area (Å²) >= 11 is 0. The van der Waals surface area contributed by atoms with Crippen molar-refractivity contribution in [3.05, 3.63) is 75.1 Å². The standard InChI is InChI=1S/C22H19N5O3/c1-13-9-17(30-15(3)28)10-14(2)19(13)12-24-27-22-25-20(16-7-5-4-6-8-16)18(11-23)21(29)26-22/h4-10,12H,1-3H3,(H2,25,26,27,29). The topological polar surface area (TPSA) is 120 Å². The van der Waals surface area contributed by atoms with Crippen LogP contribution in [0.5, 0.6) is 5.75 Å². The Labute approximate surface area is 172 Å². The van der Waals surface area contributed by atoms with E-state index in [1.807, 2.05) is 26.0 Å². The molecule has 1 heterocycles. The quantitative estimate of drug-likeness (QED) is 0.293. The second-order valence-electron chi connectivity index (χ2n) is 6.55. The highest BCUT2D eigenvalue weighted by Gasteiger charge is 2.13. The van der Waals surface area contributed by atoms with Crippen LogP contribution < -0.4 is 15.7 Å². The maximum atomic E-state index is 12.3. The number of aryl methyl sites for hydroxylation is 2. The molecule has 0 spiro atoms. The van der Waals surface area contributed by atoms with Crippen molar-refractivity contribution in [2.75, 3.05) is 5.43 Å². The minimum absolute atomic E-state index is 0.0662. The lowest BCUT2D eigenvalue weighted by Crippen LogP contribution is -2.16. The van der Waals surface area contributed by atoms with Crippen molar-refractivity contribution in [3.8, 4) is 23.1 Å². The number of benzene rings is 2. The second-order valence-corrected chi connectivity index (χ2v) is 6.55. The molecule has 8 nitrogen and oxygen atoms in total. The zero-order valence-corrected chi connectivity index (χ0v) is 16.7. The molecule has 0 unspecified atom stereocenters. The third-order valence-corrected chi connectivity index (χ3v) is 4.27. The molecule has 30 heavy (non-hydrogen) atoms. The third-order valence-electron chi connectivity index (χ3n) is 4.27. The average molecular weight is 401 g/mol. The van der Waals surface area contributed by atoms with E-state index in [0.29, 0.717) is 11.3 Å². The molecule has 2 aromatic carbocycles. The highest BCUT2D eigenvalue weighted by Crippen LogP contribution is 2.21. The fourth-order valence-electron chi connectivity index (χ4n) is 2.96. The molecule has 8 heteroatoms. The van der Waals surface area contributed by atoms with Gasteiger partial charge in [-0.15, -0.1) is 0 Å². The van der Waals surface area contributed by atoms with Gasteiger partial charge in [0.2, 0.25) is 5.95 Å². The Morgan fingerprint density at radius 2 is 1.90 bits per heavy atom. The zero-order chi connectivity index (χ0) is 21.7. The van der Waals surface area contributed by atoms with E-state index in [4.69, 9.17) is 4.74 Å². The molecule has 0 radical (unpaired) electrons. The monoisotopic (exact) mass is 401 g/mol. The maximum absolute atomic E-state index is 12.3. The van der Waals surface area contributed by atoms with Crippen molar-refractivity contribution in [2.24, 2.45) is 5.10 Å². The first kappa shape index (κ1) is 20.5. The van der Waals surface area contributed by atoms with Gasteiger partial charge in [-0.1, -0.05) is 30.3 Å². The summed E-state index contributed by atoms with van der Waals surface area (Å²) in [6.45, 7) is 5.09. The van der Waals surface area contributed by atoms with Crippen LogP contribution in [0.25, 0.3) is 11.3 Å². The van der Waals surface area contributed by atoms with Gasteiger partial charge in [-0.3, -0.25) is 14.6 Å². The predicted octanol–water partition coefficient (Wildman–Crippen LogP) is 3.30. The van der Waals surface area contributed by atoms with E-state index in [2.05, 4.69) is 20.5 Å². The van der Waals surface area contributed by atoms with Gasteiger partial charge < -0.3 is 4.74 Å². The zero-order valence-electron chi connectivity index (χ0n) is 16.7. The Hall–Kier alpha value is -4.25. The summed E-state index contributed by atoms with van der Waals surface area (Å²) in [5.41, 5.74) is 5.57. The van der Waals surface area contributed by atoms with Gasteiger partial charge in [-0.05, 0) is 37.1 Å². The molecule has 0 aliphatic heterocycles. The molecule has 0 fully saturated rings. The minimum atomic E-state index is -0.554. The number of esters is 1. The molecule has 3 rings (SSSR count). The van der Waals surface area contributed by atoms with Gasteiger partial charge in [0.05, 0.1) is 11.9 Å². The summed E-state index contributed by atoms with van der Waals surface area (Å²) < 4.78 is 5.12. The number of anilines is 1. The SMILES string of the molecule is CC(=O)Oc1cc(C)c(C=NNc2nc(-c3ccccc3)c(C#N)c(=O)[nH]2)c(C)c1. The van der Waals surface area contributed by atoms with E-state index in [1.165, 1.54) is 6.92 Å². The number of hydrogen-bond acceptors (Lipinski definition) is 7. The van der Waals surface area contributed by atoms with Gasteiger partial charge in [0.1, 0.15) is 17.4 Å². The van der Waals surface area contributed by atoms with Crippen molar-refractivity contribution in [2.45, 2.75) is 20.8 Å². The van der Waals surface area contributed by atoms with Crippen molar-refractivity contribution in [1.82, 2.24) is 9.97 Å². The van der Waals surface area contributed by atoms with E-state index in [1.54, 1.807) is 42.6 Å².